The minimum Gasteiger partial charge on any atom is -0.0654 e. The Labute approximate surface area is 129 Å². The van der Waals surface area contributed by atoms with E-state index in [2.05, 4.69) is 70.2 Å². The van der Waals surface area contributed by atoms with Gasteiger partial charge in [0.15, 0.2) is 0 Å². The van der Waals surface area contributed by atoms with Crippen molar-refractivity contribution in [2.45, 2.75) is 58.3 Å². The number of fused-ring (bicyclic) bond motifs is 3. The minimum atomic E-state index is 0.221. The van der Waals surface area contributed by atoms with E-state index < -0.39 is 0 Å². The summed E-state index contributed by atoms with van der Waals surface area (Å²) in [5.74, 6) is 0.596. The molecule has 0 saturated heterocycles. The van der Waals surface area contributed by atoms with Crippen molar-refractivity contribution in [3.63, 3.8) is 0 Å². The van der Waals surface area contributed by atoms with Gasteiger partial charge in [0.25, 0.3) is 0 Å². The SMILES string of the molecule is CCCCC1c2ccccc2-c2ccc(C(C)(C)C)cc21. The van der Waals surface area contributed by atoms with Crippen LogP contribution in [0.2, 0.25) is 0 Å². The van der Waals surface area contributed by atoms with Gasteiger partial charge in [-0.2, -0.15) is 0 Å². The summed E-state index contributed by atoms with van der Waals surface area (Å²) in [6, 6.07) is 16.1. The molecule has 3 rings (SSSR count). The molecule has 0 amide bonds. The van der Waals surface area contributed by atoms with E-state index in [0.717, 1.165) is 0 Å². The number of hydrogen-bond acceptors (Lipinski definition) is 0. The van der Waals surface area contributed by atoms with E-state index in [1.165, 1.54) is 41.5 Å². The van der Waals surface area contributed by atoms with Gasteiger partial charge in [-0.3, -0.25) is 0 Å². The van der Waals surface area contributed by atoms with Crippen molar-refractivity contribution in [1.82, 2.24) is 0 Å². The van der Waals surface area contributed by atoms with Gasteiger partial charge in [-0.1, -0.05) is 83.0 Å². The van der Waals surface area contributed by atoms with Crippen molar-refractivity contribution in [2.75, 3.05) is 0 Å². The lowest BCUT2D eigenvalue weighted by Gasteiger charge is -2.21. The second-order valence-electron chi connectivity index (χ2n) is 7.33. The Morgan fingerprint density at radius 1 is 0.905 bits per heavy atom. The van der Waals surface area contributed by atoms with Gasteiger partial charge < -0.3 is 0 Å². The Hall–Kier alpha value is -1.56. The van der Waals surface area contributed by atoms with Gasteiger partial charge in [-0.15, -0.1) is 0 Å². The monoisotopic (exact) mass is 278 g/mol. The number of unbranched alkanes of at least 4 members (excludes halogenated alkanes) is 1. The van der Waals surface area contributed by atoms with Crippen LogP contribution in [0.4, 0.5) is 0 Å². The van der Waals surface area contributed by atoms with Gasteiger partial charge in [0.05, 0.1) is 0 Å². The summed E-state index contributed by atoms with van der Waals surface area (Å²) in [5.41, 5.74) is 7.67. The normalized spacial score (nSPS) is 16.7. The smallest absolute Gasteiger partial charge is 0.0102 e. The molecular weight excluding hydrogens is 252 g/mol. The molecule has 1 unspecified atom stereocenters. The highest BCUT2D eigenvalue weighted by molar-refractivity contribution is 5.79. The lowest BCUT2D eigenvalue weighted by molar-refractivity contribution is 0.587. The van der Waals surface area contributed by atoms with E-state index in [9.17, 15) is 0 Å². The van der Waals surface area contributed by atoms with Crippen LogP contribution in [-0.4, -0.2) is 0 Å². The highest BCUT2D eigenvalue weighted by Crippen LogP contribution is 2.47. The molecule has 0 N–H and O–H groups in total. The third-order valence-electron chi connectivity index (χ3n) is 4.77. The molecule has 110 valence electrons. The lowest BCUT2D eigenvalue weighted by atomic mass is 9.83. The molecule has 2 aromatic carbocycles. The molecule has 1 atom stereocenters. The van der Waals surface area contributed by atoms with Gasteiger partial charge in [-0.05, 0) is 39.7 Å². The topological polar surface area (TPSA) is 0 Å². The highest BCUT2D eigenvalue weighted by atomic mass is 14.3. The first-order valence-electron chi connectivity index (χ1n) is 8.26. The molecule has 0 bridgehead atoms. The van der Waals surface area contributed by atoms with E-state index in [1.807, 2.05) is 0 Å². The second kappa shape index (κ2) is 5.33. The summed E-state index contributed by atoms with van der Waals surface area (Å²) < 4.78 is 0. The second-order valence-corrected chi connectivity index (χ2v) is 7.33. The molecule has 0 heteroatoms. The van der Waals surface area contributed by atoms with Crippen LogP contribution in [0.1, 0.15) is 69.6 Å². The molecule has 0 heterocycles. The predicted molar refractivity (Wildman–Crippen MR) is 91.9 cm³/mol. The maximum Gasteiger partial charge on any atom is 0.0102 e. The van der Waals surface area contributed by atoms with E-state index in [4.69, 9.17) is 0 Å². The van der Waals surface area contributed by atoms with Crippen LogP contribution in [0.15, 0.2) is 42.5 Å². The molecule has 0 fully saturated rings. The first-order chi connectivity index (χ1) is 10.0. The molecule has 0 nitrogen and oxygen atoms in total. The van der Waals surface area contributed by atoms with E-state index >= 15 is 0 Å². The van der Waals surface area contributed by atoms with E-state index in [0.29, 0.717) is 5.92 Å². The molecule has 1 aliphatic rings. The summed E-state index contributed by atoms with van der Waals surface area (Å²) >= 11 is 0. The van der Waals surface area contributed by atoms with E-state index in [1.54, 1.807) is 5.56 Å². The standard InChI is InChI=1S/C21H26/c1-5-6-9-18-16-10-7-8-11-17(16)19-13-12-15(14-20(18)19)21(2,3)4/h7-8,10-14,18H,5-6,9H2,1-4H3. The maximum absolute atomic E-state index is 2.47. The fraction of sp³-hybridized carbons (Fsp3) is 0.429. The number of rotatable bonds is 3. The Morgan fingerprint density at radius 3 is 2.33 bits per heavy atom. The summed E-state index contributed by atoms with van der Waals surface area (Å²) in [6.45, 7) is 9.20. The molecule has 0 aromatic heterocycles. The zero-order valence-corrected chi connectivity index (χ0v) is 13.7. The summed E-state index contributed by atoms with van der Waals surface area (Å²) in [6.07, 6.45) is 3.85. The third kappa shape index (κ3) is 2.52. The van der Waals surface area contributed by atoms with Gasteiger partial charge in [0.1, 0.15) is 0 Å². The number of benzene rings is 2. The molecule has 0 aliphatic heterocycles. The van der Waals surface area contributed by atoms with Crippen LogP contribution in [0, 0.1) is 0 Å². The molecule has 0 saturated carbocycles. The van der Waals surface area contributed by atoms with Crippen molar-refractivity contribution in [3.8, 4) is 11.1 Å². The van der Waals surface area contributed by atoms with Crippen LogP contribution in [-0.2, 0) is 5.41 Å². The molecule has 0 spiro atoms. The van der Waals surface area contributed by atoms with Crippen LogP contribution >= 0.6 is 0 Å². The average molecular weight is 278 g/mol. The average Bonchev–Trinajstić information content (AvgIpc) is 2.77. The fourth-order valence-electron chi connectivity index (χ4n) is 3.50. The van der Waals surface area contributed by atoms with Crippen molar-refractivity contribution in [2.24, 2.45) is 0 Å². The van der Waals surface area contributed by atoms with Crippen molar-refractivity contribution in [3.05, 3.63) is 59.2 Å². The highest BCUT2D eigenvalue weighted by Gasteiger charge is 2.29. The van der Waals surface area contributed by atoms with Crippen molar-refractivity contribution in [1.29, 1.82) is 0 Å². The Balaban J connectivity index is 2.11. The van der Waals surface area contributed by atoms with Gasteiger partial charge in [-0.25, -0.2) is 0 Å². The molecule has 1 aliphatic carbocycles. The quantitative estimate of drug-likeness (QED) is 0.619. The third-order valence-corrected chi connectivity index (χ3v) is 4.77. The maximum atomic E-state index is 2.47. The Morgan fingerprint density at radius 2 is 1.62 bits per heavy atom. The van der Waals surface area contributed by atoms with Gasteiger partial charge in [0, 0.05) is 5.92 Å². The Bertz CT molecular complexity index is 643. The molecule has 2 aromatic rings. The van der Waals surface area contributed by atoms with Crippen molar-refractivity contribution < 1.29 is 0 Å². The Kier molecular flexibility index (Phi) is 3.65. The predicted octanol–water partition coefficient (Wildman–Crippen LogP) is 6.29. The molecular formula is C21H26. The summed E-state index contributed by atoms with van der Waals surface area (Å²) in [5, 5.41) is 0. The van der Waals surface area contributed by atoms with Crippen LogP contribution in [0.5, 0.6) is 0 Å². The molecule has 21 heavy (non-hydrogen) atoms. The minimum absolute atomic E-state index is 0.221. The van der Waals surface area contributed by atoms with Gasteiger partial charge in [0.2, 0.25) is 0 Å². The van der Waals surface area contributed by atoms with E-state index in [-0.39, 0.29) is 5.41 Å². The zero-order valence-electron chi connectivity index (χ0n) is 13.7. The first-order valence-corrected chi connectivity index (χ1v) is 8.26. The zero-order chi connectivity index (χ0) is 15.0. The van der Waals surface area contributed by atoms with Crippen LogP contribution in [0.25, 0.3) is 11.1 Å². The van der Waals surface area contributed by atoms with Crippen molar-refractivity contribution >= 4 is 0 Å². The van der Waals surface area contributed by atoms with Gasteiger partial charge >= 0.3 is 0 Å². The largest absolute Gasteiger partial charge is 0.0654 e. The molecule has 0 radical (unpaired) electrons. The summed E-state index contributed by atoms with van der Waals surface area (Å²) in [4.78, 5) is 0. The fourth-order valence-corrected chi connectivity index (χ4v) is 3.50. The number of hydrogen-bond donors (Lipinski definition) is 0. The lowest BCUT2D eigenvalue weighted by Crippen LogP contribution is -2.11. The first kappa shape index (κ1) is 14.4. The summed E-state index contributed by atoms with van der Waals surface area (Å²) in [7, 11) is 0. The van der Waals surface area contributed by atoms with Crippen LogP contribution < -0.4 is 0 Å². The van der Waals surface area contributed by atoms with Crippen LogP contribution in [0.3, 0.4) is 0 Å².